The molecule has 1 aromatic carbocycles. The van der Waals surface area contributed by atoms with E-state index in [4.69, 9.17) is 5.73 Å². The first-order valence-corrected chi connectivity index (χ1v) is 8.83. The van der Waals surface area contributed by atoms with Gasteiger partial charge in [0.05, 0.1) is 0 Å². The zero-order chi connectivity index (χ0) is 17.5. The molecule has 5 nitrogen and oxygen atoms in total. The van der Waals surface area contributed by atoms with Crippen molar-refractivity contribution in [3.8, 4) is 0 Å². The Kier molecular flexibility index (Phi) is 6.79. The number of piperidine rings is 1. The maximum absolute atomic E-state index is 12.2. The number of nitrogens with one attached hydrogen (secondary N) is 1. The molecule has 1 heterocycles. The van der Waals surface area contributed by atoms with Crippen LogP contribution in [-0.4, -0.2) is 35.8 Å². The molecule has 0 spiro atoms. The molecule has 0 saturated carbocycles. The maximum atomic E-state index is 12.2. The lowest BCUT2D eigenvalue weighted by atomic mass is 10.0. The van der Waals surface area contributed by atoms with E-state index >= 15 is 0 Å². The standard InChI is InChI=1S/C19H29N3O2/c1-14(2)12-19(24)22-10-8-16(9-11-22)21-18(23)13-17(20)15-6-4-3-5-7-15/h3-7,14,16-17H,8-13,20H2,1-2H3,(H,21,23). The number of rotatable bonds is 6. The molecule has 1 fully saturated rings. The van der Waals surface area contributed by atoms with Crippen molar-refractivity contribution in [3.63, 3.8) is 0 Å². The molecule has 0 aromatic heterocycles. The molecule has 1 aliphatic rings. The second-order valence-corrected chi connectivity index (χ2v) is 7.04. The molecule has 3 N–H and O–H groups in total. The predicted molar refractivity (Wildman–Crippen MR) is 95.2 cm³/mol. The van der Waals surface area contributed by atoms with Crippen molar-refractivity contribution in [2.75, 3.05) is 13.1 Å². The topological polar surface area (TPSA) is 75.4 Å². The van der Waals surface area contributed by atoms with Crippen molar-refractivity contribution in [2.45, 2.75) is 51.6 Å². The largest absolute Gasteiger partial charge is 0.353 e. The minimum atomic E-state index is -0.279. The molecular weight excluding hydrogens is 302 g/mol. The van der Waals surface area contributed by atoms with E-state index < -0.39 is 0 Å². The third-order valence-corrected chi connectivity index (χ3v) is 4.43. The highest BCUT2D eigenvalue weighted by Gasteiger charge is 2.24. The lowest BCUT2D eigenvalue weighted by Gasteiger charge is -2.33. The fourth-order valence-corrected chi connectivity index (χ4v) is 3.06. The minimum Gasteiger partial charge on any atom is -0.353 e. The van der Waals surface area contributed by atoms with E-state index in [1.165, 1.54) is 0 Å². The van der Waals surface area contributed by atoms with E-state index in [1.54, 1.807) is 0 Å². The first-order chi connectivity index (χ1) is 11.5. The molecule has 2 amide bonds. The zero-order valence-corrected chi connectivity index (χ0v) is 14.7. The highest BCUT2D eigenvalue weighted by molar-refractivity contribution is 5.78. The molecule has 1 aromatic rings. The van der Waals surface area contributed by atoms with Gasteiger partial charge in [0.2, 0.25) is 11.8 Å². The van der Waals surface area contributed by atoms with Crippen molar-refractivity contribution < 1.29 is 9.59 Å². The van der Waals surface area contributed by atoms with Crippen molar-refractivity contribution in [3.05, 3.63) is 35.9 Å². The number of nitrogens with two attached hydrogens (primary N) is 1. The first-order valence-electron chi connectivity index (χ1n) is 8.83. The third-order valence-electron chi connectivity index (χ3n) is 4.43. The summed E-state index contributed by atoms with van der Waals surface area (Å²) in [5.74, 6) is 0.591. The molecule has 1 aliphatic heterocycles. The number of amides is 2. The van der Waals surface area contributed by atoms with Gasteiger partial charge in [0, 0.05) is 38.0 Å². The Balaban J connectivity index is 1.73. The van der Waals surface area contributed by atoms with Crippen LogP contribution < -0.4 is 11.1 Å². The van der Waals surface area contributed by atoms with Gasteiger partial charge < -0.3 is 16.0 Å². The zero-order valence-electron chi connectivity index (χ0n) is 14.7. The Hall–Kier alpha value is -1.88. The summed E-state index contributed by atoms with van der Waals surface area (Å²) in [4.78, 5) is 26.2. The summed E-state index contributed by atoms with van der Waals surface area (Å²) in [6.45, 7) is 5.56. The van der Waals surface area contributed by atoms with Crippen LogP contribution in [0.3, 0.4) is 0 Å². The fourth-order valence-electron chi connectivity index (χ4n) is 3.06. The summed E-state index contributed by atoms with van der Waals surface area (Å²) in [5, 5.41) is 3.06. The second kappa shape index (κ2) is 8.83. The van der Waals surface area contributed by atoms with Gasteiger partial charge in [-0.2, -0.15) is 0 Å². The van der Waals surface area contributed by atoms with Crippen LogP contribution >= 0.6 is 0 Å². The van der Waals surface area contributed by atoms with Gasteiger partial charge in [0.15, 0.2) is 0 Å². The average Bonchev–Trinajstić information content (AvgIpc) is 2.55. The molecule has 1 atom stereocenters. The summed E-state index contributed by atoms with van der Waals surface area (Å²) >= 11 is 0. The molecule has 1 unspecified atom stereocenters. The van der Waals surface area contributed by atoms with Crippen molar-refractivity contribution in [2.24, 2.45) is 11.7 Å². The maximum Gasteiger partial charge on any atom is 0.222 e. The summed E-state index contributed by atoms with van der Waals surface area (Å²) < 4.78 is 0. The van der Waals surface area contributed by atoms with Crippen LogP contribution in [0.25, 0.3) is 0 Å². The molecular formula is C19H29N3O2. The van der Waals surface area contributed by atoms with Gasteiger partial charge in [0.25, 0.3) is 0 Å². The third kappa shape index (κ3) is 5.64. The van der Waals surface area contributed by atoms with Gasteiger partial charge in [-0.1, -0.05) is 44.2 Å². The molecule has 132 valence electrons. The number of carbonyl (C=O) groups is 2. The Morgan fingerprint density at radius 3 is 2.38 bits per heavy atom. The Morgan fingerprint density at radius 2 is 1.79 bits per heavy atom. The Bertz CT molecular complexity index is 537. The van der Waals surface area contributed by atoms with Gasteiger partial charge in [-0.05, 0) is 24.3 Å². The van der Waals surface area contributed by atoms with Crippen LogP contribution in [0, 0.1) is 5.92 Å². The van der Waals surface area contributed by atoms with Crippen molar-refractivity contribution >= 4 is 11.8 Å². The van der Waals surface area contributed by atoms with Gasteiger partial charge in [-0.25, -0.2) is 0 Å². The Morgan fingerprint density at radius 1 is 1.17 bits per heavy atom. The summed E-state index contributed by atoms with van der Waals surface area (Å²) in [5.41, 5.74) is 7.07. The molecule has 24 heavy (non-hydrogen) atoms. The summed E-state index contributed by atoms with van der Waals surface area (Å²) in [6.07, 6.45) is 2.52. The monoisotopic (exact) mass is 331 g/mol. The predicted octanol–water partition coefficient (Wildman–Crippen LogP) is 2.23. The molecule has 2 rings (SSSR count). The van der Waals surface area contributed by atoms with E-state index in [2.05, 4.69) is 19.2 Å². The van der Waals surface area contributed by atoms with E-state index in [0.717, 1.165) is 31.5 Å². The van der Waals surface area contributed by atoms with Crippen LogP contribution in [-0.2, 0) is 9.59 Å². The van der Waals surface area contributed by atoms with Crippen LogP contribution in [0.1, 0.15) is 51.1 Å². The van der Waals surface area contributed by atoms with Gasteiger partial charge in [-0.15, -0.1) is 0 Å². The van der Waals surface area contributed by atoms with E-state index in [-0.39, 0.29) is 30.3 Å². The number of hydrogen-bond acceptors (Lipinski definition) is 3. The number of likely N-dealkylation sites (tertiary alicyclic amines) is 1. The molecule has 0 radical (unpaired) electrons. The van der Waals surface area contributed by atoms with Crippen LogP contribution in [0.2, 0.25) is 0 Å². The first kappa shape index (κ1) is 18.5. The van der Waals surface area contributed by atoms with Gasteiger partial charge in [-0.3, -0.25) is 9.59 Å². The van der Waals surface area contributed by atoms with Crippen molar-refractivity contribution in [1.29, 1.82) is 0 Å². The summed E-state index contributed by atoms with van der Waals surface area (Å²) in [7, 11) is 0. The quantitative estimate of drug-likeness (QED) is 0.839. The molecule has 0 bridgehead atoms. The number of benzene rings is 1. The lowest BCUT2D eigenvalue weighted by Crippen LogP contribution is -2.47. The van der Waals surface area contributed by atoms with E-state index in [0.29, 0.717) is 12.3 Å². The minimum absolute atomic E-state index is 0.0155. The Labute approximate surface area is 144 Å². The summed E-state index contributed by atoms with van der Waals surface area (Å²) in [6, 6.07) is 9.54. The number of carbonyl (C=O) groups excluding carboxylic acids is 2. The highest BCUT2D eigenvalue weighted by Crippen LogP contribution is 2.16. The van der Waals surface area contributed by atoms with Gasteiger partial charge in [0.1, 0.15) is 0 Å². The van der Waals surface area contributed by atoms with Crippen LogP contribution in [0.5, 0.6) is 0 Å². The lowest BCUT2D eigenvalue weighted by molar-refractivity contribution is -0.133. The smallest absolute Gasteiger partial charge is 0.222 e. The number of hydrogen-bond donors (Lipinski definition) is 2. The van der Waals surface area contributed by atoms with Crippen LogP contribution in [0.4, 0.5) is 0 Å². The molecule has 1 saturated heterocycles. The highest BCUT2D eigenvalue weighted by atomic mass is 16.2. The van der Waals surface area contributed by atoms with E-state index in [9.17, 15) is 9.59 Å². The van der Waals surface area contributed by atoms with Gasteiger partial charge >= 0.3 is 0 Å². The molecule has 0 aliphatic carbocycles. The van der Waals surface area contributed by atoms with Crippen LogP contribution in [0.15, 0.2) is 30.3 Å². The van der Waals surface area contributed by atoms with E-state index in [1.807, 2.05) is 35.2 Å². The SMILES string of the molecule is CC(C)CC(=O)N1CCC(NC(=O)CC(N)c2ccccc2)CC1. The van der Waals surface area contributed by atoms with Crippen molar-refractivity contribution in [1.82, 2.24) is 10.2 Å². The normalized spacial score (nSPS) is 16.9. The number of nitrogens with zero attached hydrogens (tertiary/aromatic N) is 1. The fraction of sp³-hybridized carbons (Fsp3) is 0.579. The molecule has 5 heteroatoms. The second-order valence-electron chi connectivity index (χ2n) is 7.04. The average molecular weight is 331 g/mol.